The molecule has 4 nitrogen and oxygen atoms in total. The summed E-state index contributed by atoms with van der Waals surface area (Å²) in [5.41, 5.74) is 1.85. The first kappa shape index (κ1) is 13.5. The SMILES string of the molecule is CCC(O)CNC(=O)c1cc(C)c(O)c(C)c1. The van der Waals surface area contributed by atoms with E-state index in [9.17, 15) is 15.0 Å². The molecule has 1 amide bonds. The van der Waals surface area contributed by atoms with Gasteiger partial charge >= 0.3 is 0 Å². The maximum absolute atomic E-state index is 11.8. The second kappa shape index (κ2) is 5.68. The van der Waals surface area contributed by atoms with Gasteiger partial charge in [0.2, 0.25) is 0 Å². The van der Waals surface area contributed by atoms with E-state index in [0.717, 1.165) is 0 Å². The number of benzene rings is 1. The number of hydrogen-bond acceptors (Lipinski definition) is 3. The van der Waals surface area contributed by atoms with E-state index in [-0.39, 0.29) is 18.2 Å². The number of carbonyl (C=O) groups is 1. The lowest BCUT2D eigenvalue weighted by Crippen LogP contribution is -2.31. The predicted octanol–water partition coefficient (Wildman–Crippen LogP) is 1.51. The fraction of sp³-hybridized carbons (Fsp3) is 0.462. The van der Waals surface area contributed by atoms with Crippen molar-refractivity contribution in [3.8, 4) is 5.75 Å². The largest absolute Gasteiger partial charge is 0.507 e. The van der Waals surface area contributed by atoms with E-state index in [1.54, 1.807) is 26.0 Å². The van der Waals surface area contributed by atoms with Crippen molar-refractivity contribution >= 4 is 5.91 Å². The van der Waals surface area contributed by atoms with Crippen LogP contribution in [-0.4, -0.2) is 28.8 Å². The molecule has 0 aliphatic carbocycles. The highest BCUT2D eigenvalue weighted by Gasteiger charge is 2.11. The van der Waals surface area contributed by atoms with Gasteiger partial charge < -0.3 is 15.5 Å². The van der Waals surface area contributed by atoms with Gasteiger partial charge in [-0.3, -0.25) is 4.79 Å². The van der Waals surface area contributed by atoms with Crippen molar-refractivity contribution in [3.63, 3.8) is 0 Å². The second-order valence-corrected chi connectivity index (χ2v) is 4.23. The molecule has 0 aliphatic heterocycles. The molecule has 1 aromatic carbocycles. The minimum absolute atomic E-state index is 0.218. The third-order valence-corrected chi connectivity index (χ3v) is 2.72. The summed E-state index contributed by atoms with van der Waals surface area (Å²) in [4.78, 5) is 11.8. The van der Waals surface area contributed by atoms with Crippen molar-refractivity contribution in [2.24, 2.45) is 0 Å². The topological polar surface area (TPSA) is 69.6 Å². The van der Waals surface area contributed by atoms with Crippen LogP contribution in [-0.2, 0) is 0 Å². The van der Waals surface area contributed by atoms with Gasteiger partial charge in [-0.2, -0.15) is 0 Å². The second-order valence-electron chi connectivity index (χ2n) is 4.23. The molecule has 0 saturated heterocycles. The van der Waals surface area contributed by atoms with Crippen LogP contribution in [0.15, 0.2) is 12.1 Å². The van der Waals surface area contributed by atoms with Crippen molar-refractivity contribution in [1.82, 2.24) is 5.32 Å². The van der Waals surface area contributed by atoms with E-state index in [1.165, 1.54) is 0 Å². The summed E-state index contributed by atoms with van der Waals surface area (Å²) in [5, 5.41) is 21.6. The molecule has 0 radical (unpaired) electrons. The van der Waals surface area contributed by atoms with Gasteiger partial charge in [0, 0.05) is 12.1 Å². The first-order valence-corrected chi connectivity index (χ1v) is 5.72. The van der Waals surface area contributed by atoms with Gasteiger partial charge in [-0.25, -0.2) is 0 Å². The van der Waals surface area contributed by atoms with Crippen LogP contribution in [0.25, 0.3) is 0 Å². The summed E-state index contributed by atoms with van der Waals surface area (Å²) in [7, 11) is 0. The number of phenols is 1. The van der Waals surface area contributed by atoms with Gasteiger partial charge in [-0.05, 0) is 43.5 Å². The van der Waals surface area contributed by atoms with Crippen LogP contribution in [0.3, 0.4) is 0 Å². The first-order chi connectivity index (χ1) is 7.95. The maximum Gasteiger partial charge on any atom is 0.251 e. The Morgan fingerprint density at radius 1 is 1.35 bits per heavy atom. The van der Waals surface area contributed by atoms with Crippen LogP contribution >= 0.6 is 0 Å². The number of aliphatic hydroxyl groups is 1. The molecule has 1 atom stereocenters. The summed E-state index contributed by atoms with van der Waals surface area (Å²) in [6.45, 7) is 5.60. The zero-order chi connectivity index (χ0) is 13.0. The molecule has 1 aromatic rings. The first-order valence-electron chi connectivity index (χ1n) is 5.72. The monoisotopic (exact) mass is 237 g/mol. The maximum atomic E-state index is 11.8. The Hall–Kier alpha value is -1.55. The van der Waals surface area contributed by atoms with Crippen LogP contribution in [0.5, 0.6) is 5.75 Å². The lowest BCUT2D eigenvalue weighted by Gasteiger charge is -2.11. The Morgan fingerprint density at radius 2 is 1.88 bits per heavy atom. The number of amides is 1. The zero-order valence-corrected chi connectivity index (χ0v) is 10.4. The Labute approximate surface area is 101 Å². The summed E-state index contributed by atoms with van der Waals surface area (Å²) in [6, 6.07) is 3.27. The Morgan fingerprint density at radius 3 is 2.35 bits per heavy atom. The number of aliphatic hydroxyl groups excluding tert-OH is 1. The van der Waals surface area contributed by atoms with Gasteiger partial charge in [0.25, 0.3) is 5.91 Å². The van der Waals surface area contributed by atoms with E-state index in [0.29, 0.717) is 23.1 Å². The van der Waals surface area contributed by atoms with Crippen molar-refractivity contribution in [3.05, 3.63) is 28.8 Å². The van der Waals surface area contributed by atoms with Crippen molar-refractivity contribution in [2.75, 3.05) is 6.54 Å². The van der Waals surface area contributed by atoms with E-state index in [2.05, 4.69) is 5.32 Å². The molecule has 0 heterocycles. The highest BCUT2D eigenvalue weighted by molar-refractivity contribution is 5.94. The lowest BCUT2D eigenvalue weighted by molar-refractivity contribution is 0.0913. The molecular weight excluding hydrogens is 218 g/mol. The van der Waals surface area contributed by atoms with E-state index in [4.69, 9.17) is 0 Å². The van der Waals surface area contributed by atoms with Crippen LogP contribution in [0.4, 0.5) is 0 Å². The Kier molecular flexibility index (Phi) is 4.52. The molecule has 0 bridgehead atoms. The quantitative estimate of drug-likeness (QED) is 0.743. The average molecular weight is 237 g/mol. The molecule has 0 aromatic heterocycles. The molecule has 1 unspecified atom stereocenters. The molecule has 1 rings (SSSR count). The highest BCUT2D eigenvalue weighted by Crippen LogP contribution is 2.22. The molecule has 17 heavy (non-hydrogen) atoms. The van der Waals surface area contributed by atoms with E-state index < -0.39 is 6.10 Å². The van der Waals surface area contributed by atoms with E-state index >= 15 is 0 Å². The van der Waals surface area contributed by atoms with Gasteiger partial charge in [0.1, 0.15) is 5.75 Å². The van der Waals surface area contributed by atoms with Gasteiger partial charge in [0.05, 0.1) is 6.10 Å². The third-order valence-electron chi connectivity index (χ3n) is 2.72. The van der Waals surface area contributed by atoms with Crippen molar-refractivity contribution < 1.29 is 15.0 Å². The number of nitrogens with one attached hydrogen (secondary N) is 1. The lowest BCUT2D eigenvalue weighted by atomic mass is 10.1. The van der Waals surface area contributed by atoms with Crippen LogP contribution in [0.2, 0.25) is 0 Å². The molecule has 4 heteroatoms. The number of aryl methyl sites for hydroxylation is 2. The fourth-order valence-corrected chi connectivity index (χ4v) is 1.54. The number of hydrogen-bond donors (Lipinski definition) is 3. The zero-order valence-electron chi connectivity index (χ0n) is 10.4. The number of rotatable bonds is 4. The standard InChI is InChI=1S/C13H19NO3/c1-4-11(15)7-14-13(17)10-5-8(2)12(16)9(3)6-10/h5-6,11,15-16H,4,7H2,1-3H3,(H,14,17). The van der Waals surface area contributed by atoms with E-state index in [1.807, 2.05) is 6.92 Å². The average Bonchev–Trinajstić information content (AvgIpc) is 2.31. The molecule has 0 fully saturated rings. The van der Waals surface area contributed by atoms with Gasteiger partial charge in [-0.1, -0.05) is 6.92 Å². The van der Waals surface area contributed by atoms with Gasteiger partial charge in [0.15, 0.2) is 0 Å². The molecule has 0 spiro atoms. The highest BCUT2D eigenvalue weighted by atomic mass is 16.3. The normalized spacial score (nSPS) is 12.2. The fourth-order valence-electron chi connectivity index (χ4n) is 1.54. The predicted molar refractivity (Wildman–Crippen MR) is 66.2 cm³/mol. The third kappa shape index (κ3) is 3.46. The minimum Gasteiger partial charge on any atom is -0.507 e. The summed E-state index contributed by atoms with van der Waals surface area (Å²) in [5.74, 6) is -0.0150. The molecule has 0 saturated carbocycles. The number of phenolic OH excluding ortho intramolecular Hbond substituents is 1. The Bertz CT molecular complexity index is 392. The summed E-state index contributed by atoms with van der Waals surface area (Å²) < 4.78 is 0. The van der Waals surface area contributed by atoms with Crippen LogP contribution < -0.4 is 5.32 Å². The molecule has 3 N–H and O–H groups in total. The molecule has 94 valence electrons. The van der Waals surface area contributed by atoms with Crippen molar-refractivity contribution in [1.29, 1.82) is 0 Å². The molecule has 0 aliphatic rings. The summed E-state index contributed by atoms with van der Waals surface area (Å²) >= 11 is 0. The van der Waals surface area contributed by atoms with Crippen LogP contribution in [0.1, 0.15) is 34.8 Å². The smallest absolute Gasteiger partial charge is 0.251 e. The number of aromatic hydroxyl groups is 1. The van der Waals surface area contributed by atoms with Crippen LogP contribution in [0, 0.1) is 13.8 Å². The van der Waals surface area contributed by atoms with Crippen molar-refractivity contribution in [2.45, 2.75) is 33.3 Å². The number of carbonyl (C=O) groups excluding carboxylic acids is 1. The minimum atomic E-state index is -0.516. The Balaban J connectivity index is 2.76. The van der Waals surface area contributed by atoms with Gasteiger partial charge in [-0.15, -0.1) is 0 Å². The summed E-state index contributed by atoms with van der Waals surface area (Å²) in [6.07, 6.45) is 0.0896. The molecular formula is C13H19NO3.